The van der Waals surface area contributed by atoms with Crippen molar-refractivity contribution in [2.24, 2.45) is 23.2 Å². The van der Waals surface area contributed by atoms with Gasteiger partial charge in [0.2, 0.25) is 0 Å². The fourth-order valence-electron chi connectivity index (χ4n) is 4.34. The quantitative estimate of drug-likeness (QED) is 0.523. The number of hydrogen-bond donors (Lipinski definition) is 1. The number of aliphatic hydroxyl groups excluding tert-OH is 1. The Morgan fingerprint density at radius 1 is 1.56 bits per heavy atom. The maximum atomic E-state index is 11.6. The van der Waals surface area contributed by atoms with Gasteiger partial charge in [0.1, 0.15) is 5.76 Å². The van der Waals surface area contributed by atoms with Crippen LogP contribution >= 0.6 is 0 Å². The molecule has 0 unspecified atom stereocenters. The average Bonchev–Trinajstić information content (AvgIpc) is 2.98. The summed E-state index contributed by atoms with van der Waals surface area (Å²) in [6.07, 6.45) is 2.59. The molecule has 1 N–H and O–H groups in total. The summed E-state index contributed by atoms with van der Waals surface area (Å²) in [5.74, 6) is 1.44. The van der Waals surface area contributed by atoms with Gasteiger partial charge in [0.05, 0.1) is 6.10 Å². The van der Waals surface area contributed by atoms with Crippen molar-refractivity contribution >= 4 is 5.97 Å². The molecule has 3 nitrogen and oxygen atoms in total. The summed E-state index contributed by atoms with van der Waals surface area (Å²) in [4.78, 5) is 11.6. The highest BCUT2D eigenvalue weighted by Crippen LogP contribution is 2.70. The van der Waals surface area contributed by atoms with Gasteiger partial charge < -0.3 is 9.84 Å². The Morgan fingerprint density at radius 2 is 2.28 bits per heavy atom. The van der Waals surface area contributed by atoms with Crippen LogP contribution in [0.5, 0.6) is 0 Å². The summed E-state index contributed by atoms with van der Waals surface area (Å²) in [6, 6.07) is 0. The number of carbonyl (C=O) groups is 1. The molecule has 0 aromatic rings. The van der Waals surface area contributed by atoms with E-state index in [1.807, 2.05) is 0 Å². The fraction of sp³-hybridized carbons (Fsp3) is 0.533. The molecular weight excluding hydrogens is 228 g/mol. The van der Waals surface area contributed by atoms with Crippen LogP contribution in [0.2, 0.25) is 0 Å². The summed E-state index contributed by atoms with van der Waals surface area (Å²) >= 11 is 0. The lowest BCUT2D eigenvalue weighted by atomic mass is 9.66. The van der Waals surface area contributed by atoms with E-state index in [4.69, 9.17) is 4.74 Å². The number of carbonyl (C=O) groups excluding carboxylic acids is 1. The minimum atomic E-state index is -0.637. The van der Waals surface area contributed by atoms with Crippen LogP contribution in [-0.4, -0.2) is 17.2 Å². The van der Waals surface area contributed by atoms with E-state index in [0.29, 0.717) is 28.7 Å². The fourth-order valence-corrected chi connectivity index (χ4v) is 4.34. The highest BCUT2D eigenvalue weighted by atomic mass is 16.5. The van der Waals surface area contributed by atoms with Crippen molar-refractivity contribution in [3.05, 3.63) is 35.1 Å². The molecule has 0 aromatic heterocycles. The van der Waals surface area contributed by atoms with Crippen molar-refractivity contribution in [3.8, 4) is 0 Å². The van der Waals surface area contributed by atoms with Gasteiger partial charge in [-0.15, -0.1) is 0 Å². The van der Waals surface area contributed by atoms with Gasteiger partial charge in [-0.2, -0.15) is 0 Å². The van der Waals surface area contributed by atoms with Crippen molar-refractivity contribution < 1.29 is 14.6 Å². The summed E-state index contributed by atoms with van der Waals surface area (Å²) in [6.45, 7) is 8.06. The number of fused-ring (bicyclic) bond motifs is 4. The molecule has 4 aliphatic rings. The predicted octanol–water partition coefficient (Wildman–Crippen LogP) is 1.95. The van der Waals surface area contributed by atoms with E-state index < -0.39 is 6.10 Å². The second-order valence-electron chi connectivity index (χ2n) is 6.25. The third-order valence-electron chi connectivity index (χ3n) is 5.37. The van der Waals surface area contributed by atoms with Crippen molar-refractivity contribution in [2.75, 3.05) is 0 Å². The molecule has 0 saturated heterocycles. The lowest BCUT2D eigenvalue weighted by Crippen LogP contribution is -2.39. The molecule has 94 valence electrons. The van der Waals surface area contributed by atoms with Crippen molar-refractivity contribution in [1.82, 2.24) is 0 Å². The predicted molar refractivity (Wildman–Crippen MR) is 65.2 cm³/mol. The van der Waals surface area contributed by atoms with Crippen molar-refractivity contribution in [3.63, 3.8) is 0 Å². The summed E-state index contributed by atoms with van der Waals surface area (Å²) < 4.78 is 5.28. The molecular formula is C15H16O3. The Labute approximate surface area is 106 Å². The maximum Gasteiger partial charge on any atom is 0.339 e. The Kier molecular flexibility index (Phi) is 1.64. The molecule has 0 amide bonds. The smallest absolute Gasteiger partial charge is 0.339 e. The number of aliphatic hydroxyl groups is 1. The first-order chi connectivity index (χ1) is 8.45. The van der Waals surface area contributed by atoms with E-state index in [-0.39, 0.29) is 17.3 Å². The molecule has 0 aromatic carbocycles. The van der Waals surface area contributed by atoms with Gasteiger partial charge in [-0.05, 0) is 31.3 Å². The standard InChI is InChI=1S/C15H16O3/c1-6-8-4-9(8)15(3)5-10-11(13(16)12(6)15)7(2)14(17)18-10/h5,8-9,12-13,16H,1,4H2,2-3H3/t8-,9-,12-,13+,15+/m0/s1. The van der Waals surface area contributed by atoms with Gasteiger partial charge in [-0.25, -0.2) is 4.79 Å². The van der Waals surface area contributed by atoms with Gasteiger partial charge >= 0.3 is 5.97 Å². The van der Waals surface area contributed by atoms with E-state index in [0.717, 1.165) is 12.0 Å². The lowest BCUT2D eigenvalue weighted by molar-refractivity contribution is -0.133. The zero-order valence-electron chi connectivity index (χ0n) is 10.6. The number of hydrogen-bond acceptors (Lipinski definition) is 3. The van der Waals surface area contributed by atoms with Crippen LogP contribution in [-0.2, 0) is 9.53 Å². The monoisotopic (exact) mass is 244 g/mol. The molecule has 5 atom stereocenters. The number of rotatable bonds is 0. The number of allylic oxidation sites excluding steroid dienone is 1. The molecule has 4 rings (SSSR count). The third kappa shape index (κ3) is 0.948. The van der Waals surface area contributed by atoms with Crippen molar-refractivity contribution in [1.29, 1.82) is 0 Å². The normalized spacial score (nSPS) is 48.5. The molecule has 2 fully saturated rings. The zero-order valence-corrected chi connectivity index (χ0v) is 10.6. The highest BCUT2D eigenvalue weighted by Gasteiger charge is 2.66. The molecule has 0 spiro atoms. The first kappa shape index (κ1) is 10.6. The Bertz CT molecular complexity index is 568. The highest BCUT2D eigenvalue weighted by molar-refractivity contribution is 5.94. The number of esters is 1. The van der Waals surface area contributed by atoms with E-state index in [2.05, 4.69) is 19.6 Å². The number of ether oxygens (including phenoxy) is 1. The second-order valence-corrected chi connectivity index (χ2v) is 6.25. The van der Waals surface area contributed by atoms with E-state index >= 15 is 0 Å². The molecule has 0 radical (unpaired) electrons. The van der Waals surface area contributed by atoms with Crippen LogP contribution in [0.3, 0.4) is 0 Å². The van der Waals surface area contributed by atoms with Gasteiger partial charge in [0, 0.05) is 22.5 Å². The summed E-state index contributed by atoms with van der Waals surface area (Å²) in [5.41, 5.74) is 2.30. The van der Waals surface area contributed by atoms with Crippen LogP contribution in [0.25, 0.3) is 0 Å². The summed E-state index contributed by atoms with van der Waals surface area (Å²) in [5, 5.41) is 10.6. The zero-order chi connectivity index (χ0) is 12.8. The Hall–Kier alpha value is -1.35. The molecule has 1 aliphatic heterocycles. The van der Waals surface area contributed by atoms with E-state index in [1.54, 1.807) is 6.92 Å². The minimum Gasteiger partial charge on any atom is -0.423 e. The first-order valence-electron chi connectivity index (χ1n) is 6.48. The largest absolute Gasteiger partial charge is 0.423 e. The van der Waals surface area contributed by atoms with Crippen molar-refractivity contribution in [2.45, 2.75) is 26.4 Å². The first-order valence-corrected chi connectivity index (χ1v) is 6.48. The molecule has 3 aliphatic carbocycles. The van der Waals surface area contributed by atoms with Crippen LogP contribution in [0, 0.1) is 23.2 Å². The van der Waals surface area contributed by atoms with E-state index in [9.17, 15) is 9.90 Å². The Balaban J connectivity index is 1.93. The van der Waals surface area contributed by atoms with Crippen LogP contribution in [0.1, 0.15) is 20.3 Å². The minimum absolute atomic E-state index is 0.0458. The van der Waals surface area contributed by atoms with E-state index in [1.165, 1.54) is 0 Å². The van der Waals surface area contributed by atoms with Gasteiger partial charge in [0.25, 0.3) is 0 Å². The lowest BCUT2D eigenvalue weighted by Gasteiger charge is -2.40. The van der Waals surface area contributed by atoms with Gasteiger partial charge in [-0.1, -0.05) is 19.1 Å². The molecule has 2 saturated carbocycles. The third-order valence-corrected chi connectivity index (χ3v) is 5.37. The SMILES string of the molecule is C=C1[C@@H]2C[C@@H]2[C@@]2(C)C=C3OC(=O)C(C)=C3[C@@H](O)[C@H]12. The topological polar surface area (TPSA) is 46.5 Å². The second kappa shape index (κ2) is 2.80. The molecule has 1 heterocycles. The van der Waals surface area contributed by atoms with Crippen LogP contribution in [0.4, 0.5) is 0 Å². The maximum absolute atomic E-state index is 11.6. The molecule has 18 heavy (non-hydrogen) atoms. The molecule has 0 bridgehead atoms. The van der Waals surface area contributed by atoms with Gasteiger partial charge in [-0.3, -0.25) is 0 Å². The Morgan fingerprint density at radius 3 is 3.00 bits per heavy atom. The van der Waals surface area contributed by atoms with Crippen LogP contribution < -0.4 is 0 Å². The average molecular weight is 244 g/mol. The molecule has 3 heteroatoms. The summed E-state index contributed by atoms with van der Waals surface area (Å²) in [7, 11) is 0. The van der Waals surface area contributed by atoms with Gasteiger partial charge in [0.15, 0.2) is 0 Å². The van der Waals surface area contributed by atoms with Crippen LogP contribution in [0.15, 0.2) is 35.1 Å².